The molecular formula is C23H20N6O4S. The molecule has 0 saturated carbocycles. The Kier molecular flexibility index (Phi) is 6.19. The highest BCUT2D eigenvalue weighted by molar-refractivity contribution is 7.80. The van der Waals surface area contributed by atoms with E-state index in [9.17, 15) is 14.9 Å². The summed E-state index contributed by atoms with van der Waals surface area (Å²) >= 11 is 5.28. The van der Waals surface area contributed by atoms with Crippen molar-refractivity contribution in [2.45, 2.75) is 13.8 Å². The van der Waals surface area contributed by atoms with Crippen LogP contribution in [0, 0.1) is 24.0 Å². The fourth-order valence-corrected chi connectivity index (χ4v) is 3.50. The molecule has 1 aromatic heterocycles. The van der Waals surface area contributed by atoms with Crippen molar-refractivity contribution < 1.29 is 14.5 Å². The Bertz CT molecular complexity index is 1430. The van der Waals surface area contributed by atoms with E-state index >= 15 is 0 Å². The highest BCUT2D eigenvalue weighted by Crippen LogP contribution is 2.27. The van der Waals surface area contributed by atoms with E-state index in [0.717, 1.165) is 22.9 Å². The minimum atomic E-state index is -0.617. The molecule has 1 amide bonds. The van der Waals surface area contributed by atoms with Crippen molar-refractivity contribution in [3.05, 3.63) is 81.4 Å². The lowest BCUT2D eigenvalue weighted by molar-refractivity contribution is -0.385. The summed E-state index contributed by atoms with van der Waals surface area (Å²) in [6, 6.07) is 15.4. The van der Waals surface area contributed by atoms with Gasteiger partial charge in [-0.05, 0) is 68.0 Å². The number of amides is 1. The molecule has 4 aromatic rings. The lowest BCUT2D eigenvalue weighted by Crippen LogP contribution is -2.34. The summed E-state index contributed by atoms with van der Waals surface area (Å²) in [7, 11) is 1.32. The molecule has 11 heteroatoms. The van der Waals surface area contributed by atoms with Crippen molar-refractivity contribution in [1.82, 2.24) is 20.3 Å². The van der Waals surface area contributed by atoms with E-state index in [4.69, 9.17) is 17.0 Å². The van der Waals surface area contributed by atoms with E-state index in [-0.39, 0.29) is 22.1 Å². The molecule has 0 fully saturated rings. The second-order valence-corrected chi connectivity index (χ2v) is 7.94. The number of hydrogen-bond donors (Lipinski definition) is 2. The maximum atomic E-state index is 12.6. The van der Waals surface area contributed by atoms with Gasteiger partial charge in [-0.15, -0.1) is 10.2 Å². The quantitative estimate of drug-likeness (QED) is 0.251. The summed E-state index contributed by atoms with van der Waals surface area (Å²) in [5, 5.41) is 25.8. The van der Waals surface area contributed by atoms with Gasteiger partial charge in [0.05, 0.1) is 17.7 Å². The van der Waals surface area contributed by atoms with Gasteiger partial charge in [0.1, 0.15) is 11.0 Å². The molecule has 0 aliphatic carbocycles. The van der Waals surface area contributed by atoms with Crippen LogP contribution >= 0.6 is 12.2 Å². The number of nitrogens with zero attached hydrogens (tertiary/aromatic N) is 4. The van der Waals surface area contributed by atoms with E-state index in [1.165, 1.54) is 19.2 Å². The van der Waals surface area contributed by atoms with E-state index in [0.29, 0.717) is 16.7 Å². The summed E-state index contributed by atoms with van der Waals surface area (Å²) in [4.78, 5) is 24.7. The topological polar surface area (TPSA) is 124 Å². The van der Waals surface area contributed by atoms with Gasteiger partial charge in [0, 0.05) is 17.3 Å². The molecule has 0 aliphatic rings. The van der Waals surface area contributed by atoms with Gasteiger partial charge in [-0.25, -0.2) is 0 Å². The molecule has 0 bridgehead atoms. The summed E-state index contributed by atoms with van der Waals surface area (Å²) in [6.45, 7) is 3.89. The predicted molar refractivity (Wildman–Crippen MR) is 132 cm³/mol. The molecule has 10 nitrogen and oxygen atoms in total. The predicted octanol–water partition coefficient (Wildman–Crippen LogP) is 4.08. The van der Waals surface area contributed by atoms with Crippen molar-refractivity contribution in [3.63, 3.8) is 0 Å². The van der Waals surface area contributed by atoms with Crippen LogP contribution in [0.15, 0.2) is 54.6 Å². The van der Waals surface area contributed by atoms with Crippen LogP contribution in [0.2, 0.25) is 0 Å². The molecule has 4 rings (SSSR count). The number of benzene rings is 3. The average Bonchev–Trinajstić information content (AvgIpc) is 3.21. The summed E-state index contributed by atoms with van der Waals surface area (Å²) < 4.78 is 4.96. The van der Waals surface area contributed by atoms with Crippen LogP contribution in [-0.2, 0) is 0 Å². The first-order valence-electron chi connectivity index (χ1n) is 10.1. The Balaban J connectivity index is 1.52. The fourth-order valence-electron chi connectivity index (χ4n) is 3.30. The van der Waals surface area contributed by atoms with Crippen LogP contribution < -0.4 is 15.4 Å². The van der Waals surface area contributed by atoms with E-state index < -0.39 is 10.8 Å². The van der Waals surface area contributed by atoms with Gasteiger partial charge >= 0.3 is 5.69 Å². The van der Waals surface area contributed by atoms with Crippen molar-refractivity contribution >= 4 is 45.6 Å². The maximum Gasteiger partial charge on any atom is 0.311 e. The first-order valence-corrected chi connectivity index (χ1v) is 10.6. The highest BCUT2D eigenvalue weighted by atomic mass is 32.1. The third kappa shape index (κ3) is 4.69. The SMILES string of the molecule is COc1ccc(C(=O)NC(=S)Nc2cc3nn(-c4ccc(C)cc4)nc3cc2C)cc1[N+](=O)[O-]. The average molecular weight is 477 g/mol. The minimum absolute atomic E-state index is 0.0387. The number of nitro benzene ring substituents is 1. The maximum absolute atomic E-state index is 12.6. The van der Waals surface area contributed by atoms with Crippen LogP contribution in [-0.4, -0.2) is 38.0 Å². The Morgan fingerprint density at radius 2 is 1.74 bits per heavy atom. The lowest BCUT2D eigenvalue weighted by Gasteiger charge is -2.12. The van der Waals surface area contributed by atoms with Gasteiger partial charge in [-0.2, -0.15) is 4.80 Å². The van der Waals surface area contributed by atoms with Crippen LogP contribution in [0.4, 0.5) is 11.4 Å². The molecule has 0 saturated heterocycles. The number of aromatic nitrogens is 3. The zero-order valence-corrected chi connectivity index (χ0v) is 19.3. The molecule has 0 spiro atoms. The largest absolute Gasteiger partial charge is 0.490 e. The van der Waals surface area contributed by atoms with Crippen molar-refractivity contribution in [3.8, 4) is 11.4 Å². The highest BCUT2D eigenvalue weighted by Gasteiger charge is 2.19. The van der Waals surface area contributed by atoms with E-state index in [2.05, 4.69) is 20.8 Å². The van der Waals surface area contributed by atoms with Gasteiger partial charge < -0.3 is 10.1 Å². The standard InChI is InChI=1S/C23H20N6O4S/c1-13-4-7-16(8-5-13)28-26-18-10-14(2)17(12-19(18)27-28)24-23(34)25-22(30)15-6-9-21(33-3)20(11-15)29(31)32/h4-12H,1-3H3,(H2,24,25,30,34). The molecule has 0 aliphatic heterocycles. The van der Waals surface area contributed by atoms with Crippen molar-refractivity contribution in [1.29, 1.82) is 0 Å². The Morgan fingerprint density at radius 3 is 2.38 bits per heavy atom. The Labute approximate surface area is 199 Å². The number of nitrogens with one attached hydrogen (secondary N) is 2. The van der Waals surface area contributed by atoms with Crippen LogP contribution in [0.3, 0.4) is 0 Å². The zero-order chi connectivity index (χ0) is 24.4. The number of methoxy groups -OCH3 is 1. The summed E-state index contributed by atoms with van der Waals surface area (Å²) in [6.07, 6.45) is 0. The smallest absolute Gasteiger partial charge is 0.311 e. The van der Waals surface area contributed by atoms with Gasteiger partial charge in [0.2, 0.25) is 0 Å². The molecule has 0 atom stereocenters. The number of thiocarbonyl (C=S) groups is 1. The number of hydrogen-bond acceptors (Lipinski definition) is 7. The molecular weight excluding hydrogens is 456 g/mol. The monoisotopic (exact) mass is 476 g/mol. The van der Waals surface area contributed by atoms with Crippen molar-refractivity contribution in [2.75, 3.05) is 12.4 Å². The van der Waals surface area contributed by atoms with E-state index in [1.54, 1.807) is 10.9 Å². The summed E-state index contributed by atoms with van der Waals surface area (Å²) in [5.74, 6) is -0.530. The summed E-state index contributed by atoms with van der Waals surface area (Å²) in [5.41, 5.74) is 4.59. The van der Waals surface area contributed by atoms with Gasteiger partial charge in [0.25, 0.3) is 5.91 Å². The number of carbonyl (C=O) groups excluding carboxylic acids is 1. The van der Waals surface area contributed by atoms with Crippen LogP contribution in [0.1, 0.15) is 21.5 Å². The second-order valence-electron chi connectivity index (χ2n) is 7.53. The van der Waals surface area contributed by atoms with Gasteiger partial charge in [-0.3, -0.25) is 20.2 Å². The first-order chi connectivity index (χ1) is 16.2. The van der Waals surface area contributed by atoms with Crippen LogP contribution in [0.25, 0.3) is 16.7 Å². The first kappa shape index (κ1) is 22.8. The normalized spacial score (nSPS) is 10.7. The van der Waals surface area contributed by atoms with Gasteiger partial charge in [0.15, 0.2) is 10.9 Å². The van der Waals surface area contributed by atoms with Gasteiger partial charge in [-0.1, -0.05) is 17.7 Å². The second kappa shape index (κ2) is 9.24. The number of anilines is 1. The molecule has 0 radical (unpaired) electrons. The zero-order valence-electron chi connectivity index (χ0n) is 18.5. The lowest BCUT2D eigenvalue weighted by atomic mass is 10.1. The third-order valence-corrected chi connectivity index (χ3v) is 5.31. The van der Waals surface area contributed by atoms with E-state index in [1.807, 2.05) is 44.2 Å². The number of nitro groups is 1. The third-order valence-electron chi connectivity index (χ3n) is 5.10. The molecule has 3 aromatic carbocycles. The molecule has 2 N–H and O–H groups in total. The molecule has 172 valence electrons. The Morgan fingerprint density at radius 1 is 1.06 bits per heavy atom. The number of carbonyl (C=O) groups is 1. The van der Waals surface area contributed by atoms with Crippen LogP contribution in [0.5, 0.6) is 5.75 Å². The Hall–Kier alpha value is -4.38. The molecule has 1 heterocycles. The fraction of sp³-hybridized carbons (Fsp3) is 0.130. The number of fused-ring (bicyclic) bond motifs is 1. The van der Waals surface area contributed by atoms with Crippen molar-refractivity contribution in [2.24, 2.45) is 0 Å². The molecule has 34 heavy (non-hydrogen) atoms. The molecule has 0 unspecified atom stereocenters. The number of rotatable bonds is 5. The number of ether oxygens (including phenoxy) is 1. The number of aryl methyl sites for hydroxylation is 2. The minimum Gasteiger partial charge on any atom is -0.490 e.